The van der Waals surface area contributed by atoms with Crippen molar-refractivity contribution in [2.75, 3.05) is 47.5 Å². The fourth-order valence-electron chi connectivity index (χ4n) is 9.79. The van der Waals surface area contributed by atoms with Crippen LogP contribution in [-0.2, 0) is 33.3 Å². The molecule has 2 unspecified atom stereocenters. The number of hydrogen-bond acceptors (Lipinski definition) is 7. The molecule has 0 amide bonds. The summed E-state index contributed by atoms with van der Waals surface area (Å²) < 4.78 is 23.0. The van der Waals surface area contributed by atoms with Gasteiger partial charge < -0.3 is 28.5 Å². The van der Waals surface area contributed by atoms with Crippen LogP contribution in [0.5, 0.6) is 0 Å². The van der Waals surface area contributed by atoms with Crippen LogP contribution < -0.4 is 0 Å². The SMILES string of the molecule is CC/C=C\C/C=C\C/C=C\C/C=C\C/C=C\C/C=C\CCCCCCCCCCCCCCCCCCCCCCC(=O)OC(COC(=O)CCCCCCCCCCCCCCCCCCC)COC(OCC[N+](C)(C)C)C(=O)O. The summed E-state index contributed by atoms with van der Waals surface area (Å²) in [5.41, 5.74) is 0. The van der Waals surface area contributed by atoms with E-state index < -0.39 is 18.4 Å². The maximum Gasteiger partial charge on any atom is 0.361 e. The molecule has 0 aromatic rings. The molecule has 0 aromatic carbocycles. The Hall–Kier alpha value is -3.27. The highest BCUT2D eigenvalue weighted by molar-refractivity contribution is 5.71. The Bertz CT molecular complexity index is 1560. The third-order valence-electron chi connectivity index (χ3n) is 15.0. The molecule has 0 rings (SSSR count). The molecule has 81 heavy (non-hydrogen) atoms. The molecule has 1 N–H and O–H groups in total. The number of unbranched alkanes of at least 4 members (excludes halogenated alkanes) is 36. The van der Waals surface area contributed by atoms with Crippen molar-refractivity contribution in [3.05, 3.63) is 72.9 Å². The summed E-state index contributed by atoms with van der Waals surface area (Å²) in [7, 11) is 5.98. The van der Waals surface area contributed by atoms with Crippen LogP contribution in [0.2, 0.25) is 0 Å². The quantitative estimate of drug-likeness (QED) is 0.0211. The summed E-state index contributed by atoms with van der Waals surface area (Å²) in [5.74, 6) is -1.98. The molecular weight excluding hydrogens is 1010 g/mol. The van der Waals surface area contributed by atoms with E-state index in [0.717, 1.165) is 77.0 Å². The Kier molecular flexibility index (Phi) is 60.2. The van der Waals surface area contributed by atoms with Gasteiger partial charge in [-0.15, -0.1) is 0 Å². The van der Waals surface area contributed by atoms with Crippen molar-refractivity contribution in [1.82, 2.24) is 0 Å². The lowest BCUT2D eigenvalue weighted by atomic mass is 10.0. The second kappa shape index (κ2) is 62.8. The van der Waals surface area contributed by atoms with E-state index in [1.807, 2.05) is 21.1 Å². The Morgan fingerprint density at radius 1 is 0.383 bits per heavy atom. The minimum absolute atomic E-state index is 0.177. The topological polar surface area (TPSA) is 108 Å². The van der Waals surface area contributed by atoms with Crippen LogP contribution in [0, 0.1) is 0 Å². The lowest BCUT2D eigenvalue weighted by Crippen LogP contribution is -2.40. The maximum atomic E-state index is 12.9. The fourth-order valence-corrected chi connectivity index (χ4v) is 9.79. The number of aliphatic carboxylic acids is 1. The largest absolute Gasteiger partial charge is 0.477 e. The molecule has 0 radical (unpaired) electrons. The summed E-state index contributed by atoms with van der Waals surface area (Å²) in [6, 6.07) is 0. The van der Waals surface area contributed by atoms with Crippen LogP contribution >= 0.6 is 0 Å². The number of carbonyl (C=O) groups is 3. The normalized spacial score (nSPS) is 13.1. The average molecular weight is 1140 g/mol. The first-order chi connectivity index (χ1) is 39.6. The number of likely N-dealkylation sites (N-methyl/N-ethyl adjacent to an activating group) is 1. The Labute approximate surface area is 500 Å². The standard InChI is InChI=1S/C72H129NO8/c1-6-8-10-12-14-16-18-20-22-24-25-26-27-28-29-30-31-32-33-34-35-36-37-38-39-40-41-42-43-44-45-47-49-51-53-55-57-59-61-63-70(75)81-68(67-80-72(71(76)77)78-65-64-73(3,4)5)66-79-69(74)62-60-58-56-54-52-50-48-46-23-21-19-17-15-13-11-9-7-2/h8,10,14,16,20,22,25-26,28-29,31-32,68,72H,6-7,9,11-13,15,17-19,21,23-24,27,30,33-67H2,1-5H3/p+1/b10-8-,16-14-,22-20-,26-25-,29-28-,32-31-. The average Bonchev–Trinajstić information content (AvgIpc) is 3.44. The first-order valence-electron chi connectivity index (χ1n) is 34.1. The van der Waals surface area contributed by atoms with Crippen molar-refractivity contribution in [2.24, 2.45) is 0 Å². The number of carboxylic acid groups (broad SMARTS) is 1. The minimum Gasteiger partial charge on any atom is -0.477 e. The van der Waals surface area contributed by atoms with Gasteiger partial charge in [-0.05, 0) is 64.2 Å². The molecule has 0 aromatic heterocycles. The van der Waals surface area contributed by atoms with Gasteiger partial charge in [0, 0.05) is 12.8 Å². The van der Waals surface area contributed by atoms with Crippen molar-refractivity contribution in [3.8, 4) is 0 Å². The van der Waals surface area contributed by atoms with Gasteiger partial charge in [0.2, 0.25) is 0 Å². The molecule has 470 valence electrons. The van der Waals surface area contributed by atoms with Crippen LogP contribution in [0.1, 0.15) is 309 Å². The van der Waals surface area contributed by atoms with Gasteiger partial charge in [0.25, 0.3) is 6.29 Å². The summed E-state index contributed by atoms with van der Waals surface area (Å²) in [5, 5.41) is 9.73. The molecule has 0 fully saturated rings. The number of carbonyl (C=O) groups excluding carboxylic acids is 2. The Balaban J connectivity index is 4.00. The molecule has 0 saturated heterocycles. The third kappa shape index (κ3) is 64.1. The van der Waals surface area contributed by atoms with Gasteiger partial charge in [0.05, 0.1) is 34.4 Å². The van der Waals surface area contributed by atoms with Crippen LogP contribution in [0.3, 0.4) is 0 Å². The van der Waals surface area contributed by atoms with Crippen molar-refractivity contribution in [2.45, 2.75) is 322 Å². The van der Waals surface area contributed by atoms with E-state index >= 15 is 0 Å². The molecule has 9 heteroatoms. The van der Waals surface area contributed by atoms with Crippen LogP contribution in [-0.4, -0.2) is 87.4 Å². The zero-order valence-corrected chi connectivity index (χ0v) is 53.7. The molecule has 0 heterocycles. The molecule has 2 atom stereocenters. The van der Waals surface area contributed by atoms with E-state index in [1.165, 1.54) is 205 Å². The fraction of sp³-hybridized carbons (Fsp3) is 0.792. The highest BCUT2D eigenvalue weighted by Crippen LogP contribution is 2.18. The maximum absolute atomic E-state index is 12.9. The van der Waals surface area contributed by atoms with E-state index in [1.54, 1.807) is 0 Å². The molecule has 0 aliphatic carbocycles. The minimum atomic E-state index is -1.51. The number of ether oxygens (including phenoxy) is 4. The Morgan fingerprint density at radius 3 is 1.05 bits per heavy atom. The van der Waals surface area contributed by atoms with Gasteiger partial charge in [-0.1, -0.05) is 305 Å². The highest BCUT2D eigenvalue weighted by Gasteiger charge is 2.25. The number of esters is 2. The van der Waals surface area contributed by atoms with Crippen LogP contribution in [0.15, 0.2) is 72.9 Å². The first-order valence-corrected chi connectivity index (χ1v) is 34.1. The molecule has 0 saturated carbocycles. The van der Waals surface area contributed by atoms with E-state index in [2.05, 4.69) is 86.8 Å². The number of nitrogens with zero attached hydrogens (tertiary/aromatic N) is 1. The molecule has 0 spiro atoms. The number of rotatable bonds is 63. The van der Waals surface area contributed by atoms with Gasteiger partial charge in [-0.2, -0.15) is 0 Å². The monoisotopic (exact) mass is 1140 g/mol. The van der Waals surface area contributed by atoms with Crippen molar-refractivity contribution >= 4 is 17.9 Å². The predicted octanol–water partition coefficient (Wildman–Crippen LogP) is 20.9. The smallest absolute Gasteiger partial charge is 0.361 e. The second-order valence-electron chi connectivity index (χ2n) is 24.1. The van der Waals surface area contributed by atoms with Crippen molar-refractivity contribution < 1.29 is 42.9 Å². The number of hydrogen-bond donors (Lipinski definition) is 1. The second-order valence-corrected chi connectivity index (χ2v) is 24.1. The number of quaternary nitrogens is 1. The van der Waals surface area contributed by atoms with E-state index in [4.69, 9.17) is 18.9 Å². The Morgan fingerprint density at radius 2 is 0.704 bits per heavy atom. The van der Waals surface area contributed by atoms with Gasteiger partial charge in [-0.25, -0.2) is 4.79 Å². The third-order valence-corrected chi connectivity index (χ3v) is 15.0. The van der Waals surface area contributed by atoms with E-state index in [-0.39, 0.29) is 38.2 Å². The zero-order valence-electron chi connectivity index (χ0n) is 53.7. The van der Waals surface area contributed by atoms with Crippen LogP contribution in [0.25, 0.3) is 0 Å². The van der Waals surface area contributed by atoms with Gasteiger partial charge in [-0.3, -0.25) is 9.59 Å². The molecular formula is C72H130NO8+. The summed E-state index contributed by atoms with van der Waals surface area (Å²) >= 11 is 0. The first kappa shape index (κ1) is 77.7. The summed E-state index contributed by atoms with van der Waals surface area (Å²) in [4.78, 5) is 37.5. The van der Waals surface area contributed by atoms with Crippen molar-refractivity contribution in [1.29, 1.82) is 0 Å². The lowest BCUT2D eigenvalue weighted by Gasteiger charge is -2.25. The van der Waals surface area contributed by atoms with Gasteiger partial charge >= 0.3 is 17.9 Å². The summed E-state index contributed by atoms with van der Waals surface area (Å²) in [6.45, 7) is 4.81. The van der Waals surface area contributed by atoms with Crippen molar-refractivity contribution in [3.63, 3.8) is 0 Å². The molecule has 0 bridgehead atoms. The van der Waals surface area contributed by atoms with E-state index in [9.17, 15) is 19.5 Å². The highest BCUT2D eigenvalue weighted by atomic mass is 16.7. The lowest BCUT2D eigenvalue weighted by molar-refractivity contribution is -0.870. The zero-order chi connectivity index (χ0) is 59.1. The van der Waals surface area contributed by atoms with Gasteiger partial charge in [0.15, 0.2) is 6.10 Å². The number of allylic oxidation sites excluding steroid dienone is 12. The molecule has 0 aliphatic rings. The molecule has 9 nitrogen and oxygen atoms in total. The van der Waals surface area contributed by atoms with E-state index in [0.29, 0.717) is 17.4 Å². The predicted molar refractivity (Wildman–Crippen MR) is 346 cm³/mol. The number of carboxylic acids is 1. The summed E-state index contributed by atoms with van der Waals surface area (Å²) in [6.07, 6.45) is 80.2. The van der Waals surface area contributed by atoms with Gasteiger partial charge in [0.1, 0.15) is 13.2 Å². The van der Waals surface area contributed by atoms with Crippen LogP contribution in [0.4, 0.5) is 0 Å². The molecule has 0 aliphatic heterocycles.